The maximum Gasteiger partial charge on any atom is 0.278 e. The molecule has 0 saturated carbocycles. The Morgan fingerprint density at radius 3 is 2.83 bits per heavy atom. The molecule has 2 aromatic rings. The van der Waals surface area contributed by atoms with E-state index in [4.69, 9.17) is 9.47 Å². The number of pyridine rings is 1. The van der Waals surface area contributed by atoms with Crippen LogP contribution in [-0.2, 0) is 9.47 Å². The summed E-state index contributed by atoms with van der Waals surface area (Å²) in [6.45, 7) is 1.99. The molecule has 0 atom stereocenters. The molecule has 0 aliphatic carbocycles. The van der Waals surface area contributed by atoms with Gasteiger partial charge in [-0.05, 0) is 12.1 Å². The first kappa shape index (κ1) is 15.6. The van der Waals surface area contributed by atoms with Gasteiger partial charge in [-0.3, -0.25) is 15.1 Å². The molecule has 2 heterocycles. The molecule has 0 spiro atoms. The average molecular weight is 317 g/mol. The number of nitrogens with one attached hydrogen (secondary N) is 1. The van der Waals surface area contributed by atoms with E-state index in [1.54, 1.807) is 25.4 Å². The molecule has 1 saturated heterocycles. The number of hydrogen-bond donors (Lipinski definition) is 1. The van der Waals surface area contributed by atoms with Crippen LogP contribution in [0.15, 0.2) is 30.6 Å². The third-order valence-corrected chi connectivity index (χ3v) is 4.43. The van der Waals surface area contributed by atoms with Crippen molar-refractivity contribution in [3.8, 4) is 0 Å². The molecule has 7 heteroatoms. The summed E-state index contributed by atoms with van der Waals surface area (Å²) < 4.78 is 11.1. The van der Waals surface area contributed by atoms with Crippen LogP contribution < -0.4 is 5.32 Å². The Balaban J connectivity index is 1.89. The number of nitrogens with zero attached hydrogens (tertiary/aromatic N) is 2. The SMILES string of the molecule is COC1(CNc2ccc([N+](=O)[O-])c3cnccc23)CCOCC1. The molecule has 3 rings (SSSR count). The molecular weight excluding hydrogens is 298 g/mol. The van der Waals surface area contributed by atoms with E-state index in [0.29, 0.717) is 25.1 Å². The zero-order valence-electron chi connectivity index (χ0n) is 12.9. The van der Waals surface area contributed by atoms with Crippen molar-refractivity contribution in [3.05, 3.63) is 40.7 Å². The minimum atomic E-state index is -0.386. The smallest absolute Gasteiger partial charge is 0.278 e. The molecule has 122 valence electrons. The second-order valence-corrected chi connectivity index (χ2v) is 5.66. The van der Waals surface area contributed by atoms with E-state index in [0.717, 1.165) is 23.9 Å². The number of methoxy groups -OCH3 is 1. The second-order valence-electron chi connectivity index (χ2n) is 5.66. The third-order valence-electron chi connectivity index (χ3n) is 4.43. The van der Waals surface area contributed by atoms with Gasteiger partial charge in [-0.2, -0.15) is 0 Å². The van der Waals surface area contributed by atoms with E-state index in [1.807, 2.05) is 0 Å². The van der Waals surface area contributed by atoms with Crippen LogP contribution >= 0.6 is 0 Å². The summed E-state index contributed by atoms with van der Waals surface area (Å²) in [5, 5.41) is 15.8. The van der Waals surface area contributed by atoms with Crippen LogP contribution in [-0.4, -0.2) is 42.4 Å². The molecule has 1 aliphatic heterocycles. The minimum Gasteiger partial charge on any atom is -0.382 e. The van der Waals surface area contributed by atoms with Gasteiger partial charge in [0, 0.05) is 69.2 Å². The zero-order chi connectivity index (χ0) is 16.3. The van der Waals surface area contributed by atoms with Crippen molar-refractivity contribution in [2.75, 3.05) is 32.2 Å². The van der Waals surface area contributed by atoms with Crippen molar-refractivity contribution in [3.63, 3.8) is 0 Å². The van der Waals surface area contributed by atoms with Gasteiger partial charge in [0.15, 0.2) is 0 Å². The number of nitro groups is 1. The summed E-state index contributed by atoms with van der Waals surface area (Å²) in [6, 6.07) is 5.03. The molecule has 1 aliphatic rings. The highest BCUT2D eigenvalue weighted by Crippen LogP contribution is 2.32. The molecule has 0 amide bonds. The van der Waals surface area contributed by atoms with Gasteiger partial charge < -0.3 is 14.8 Å². The monoisotopic (exact) mass is 317 g/mol. The molecule has 0 unspecified atom stereocenters. The molecule has 0 bridgehead atoms. The lowest BCUT2D eigenvalue weighted by Gasteiger charge is -2.36. The topological polar surface area (TPSA) is 86.5 Å². The van der Waals surface area contributed by atoms with E-state index in [2.05, 4.69) is 10.3 Å². The van der Waals surface area contributed by atoms with Gasteiger partial charge in [0.2, 0.25) is 0 Å². The molecule has 0 radical (unpaired) electrons. The Labute approximate surface area is 133 Å². The maximum absolute atomic E-state index is 11.2. The van der Waals surface area contributed by atoms with Gasteiger partial charge in [-0.1, -0.05) is 0 Å². The fraction of sp³-hybridized carbons (Fsp3) is 0.438. The largest absolute Gasteiger partial charge is 0.382 e. The minimum absolute atomic E-state index is 0.0613. The fourth-order valence-corrected chi connectivity index (χ4v) is 2.94. The van der Waals surface area contributed by atoms with Crippen LogP contribution in [0, 0.1) is 10.1 Å². The molecule has 1 fully saturated rings. The van der Waals surface area contributed by atoms with Crippen molar-refractivity contribution < 1.29 is 14.4 Å². The summed E-state index contributed by atoms with van der Waals surface area (Å²) >= 11 is 0. The number of aromatic nitrogens is 1. The average Bonchev–Trinajstić information content (AvgIpc) is 2.60. The Morgan fingerprint density at radius 2 is 2.13 bits per heavy atom. The van der Waals surface area contributed by atoms with Gasteiger partial charge in [-0.15, -0.1) is 0 Å². The highest BCUT2D eigenvalue weighted by molar-refractivity contribution is 5.99. The first-order chi connectivity index (χ1) is 11.2. The Kier molecular flexibility index (Phi) is 4.40. The number of fused-ring (bicyclic) bond motifs is 1. The Morgan fingerprint density at radius 1 is 1.35 bits per heavy atom. The Hall–Kier alpha value is -2.25. The second kappa shape index (κ2) is 6.47. The number of rotatable bonds is 5. The van der Waals surface area contributed by atoms with Crippen LogP contribution in [0.3, 0.4) is 0 Å². The van der Waals surface area contributed by atoms with Crippen molar-refractivity contribution in [2.24, 2.45) is 0 Å². The molecule has 1 aromatic heterocycles. The van der Waals surface area contributed by atoms with Crippen LogP contribution in [0.5, 0.6) is 0 Å². The van der Waals surface area contributed by atoms with E-state index < -0.39 is 0 Å². The first-order valence-electron chi connectivity index (χ1n) is 7.53. The predicted octanol–water partition coefficient (Wildman–Crippen LogP) is 2.75. The summed E-state index contributed by atoms with van der Waals surface area (Å²) in [7, 11) is 1.71. The van der Waals surface area contributed by atoms with Crippen LogP contribution in [0.1, 0.15) is 12.8 Å². The lowest BCUT2D eigenvalue weighted by Crippen LogP contribution is -2.44. The third kappa shape index (κ3) is 3.11. The number of hydrogen-bond acceptors (Lipinski definition) is 6. The summed E-state index contributed by atoms with van der Waals surface area (Å²) in [4.78, 5) is 14.8. The number of benzene rings is 1. The Bertz CT molecular complexity index is 714. The van der Waals surface area contributed by atoms with Gasteiger partial charge in [-0.25, -0.2) is 0 Å². The maximum atomic E-state index is 11.2. The highest BCUT2D eigenvalue weighted by Gasteiger charge is 2.32. The molecule has 23 heavy (non-hydrogen) atoms. The van der Waals surface area contributed by atoms with E-state index in [9.17, 15) is 10.1 Å². The number of anilines is 1. The van der Waals surface area contributed by atoms with Crippen molar-refractivity contribution in [2.45, 2.75) is 18.4 Å². The normalized spacial score (nSPS) is 17.1. The standard InChI is InChI=1S/C16H19N3O4/c1-22-16(5-8-23-9-6-16)11-18-14-2-3-15(19(20)21)13-10-17-7-4-12(13)14/h2-4,7,10,18H,5-6,8-9,11H2,1H3. The van der Waals surface area contributed by atoms with Crippen molar-refractivity contribution >= 4 is 22.1 Å². The quantitative estimate of drug-likeness (QED) is 0.674. The predicted molar refractivity (Wildman–Crippen MR) is 86.7 cm³/mol. The molecular formula is C16H19N3O4. The number of ether oxygens (including phenoxy) is 2. The lowest BCUT2D eigenvalue weighted by atomic mass is 9.93. The van der Waals surface area contributed by atoms with Gasteiger partial charge in [0.25, 0.3) is 5.69 Å². The summed E-state index contributed by atoms with van der Waals surface area (Å²) in [5.74, 6) is 0. The number of nitro benzene ring substituents is 1. The van der Waals surface area contributed by atoms with Gasteiger partial charge in [0.1, 0.15) is 0 Å². The number of non-ortho nitro benzene ring substituents is 1. The molecule has 7 nitrogen and oxygen atoms in total. The molecule has 1 aromatic carbocycles. The first-order valence-corrected chi connectivity index (χ1v) is 7.53. The molecule has 1 N–H and O–H groups in total. The van der Waals surface area contributed by atoms with Crippen LogP contribution in [0.25, 0.3) is 10.8 Å². The van der Waals surface area contributed by atoms with Gasteiger partial charge >= 0.3 is 0 Å². The summed E-state index contributed by atoms with van der Waals surface area (Å²) in [6.07, 6.45) is 4.81. The highest BCUT2D eigenvalue weighted by atomic mass is 16.6. The van der Waals surface area contributed by atoms with Crippen LogP contribution in [0.4, 0.5) is 11.4 Å². The van der Waals surface area contributed by atoms with Crippen molar-refractivity contribution in [1.82, 2.24) is 4.98 Å². The summed E-state index contributed by atoms with van der Waals surface area (Å²) in [5.41, 5.74) is 0.640. The van der Waals surface area contributed by atoms with E-state index in [1.165, 1.54) is 12.3 Å². The lowest BCUT2D eigenvalue weighted by molar-refractivity contribution is -0.383. The van der Waals surface area contributed by atoms with Crippen LogP contribution in [0.2, 0.25) is 0 Å². The fourth-order valence-electron chi connectivity index (χ4n) is 2.94. The zero-order valence-corrected chi connectivity index (χ0v) is 12.9. The van der Waals surface area contributed by atoms with E-state index >= 15 is 0 Å². The van der Waals surface area contributed by atoms with Gasteiger partial charge in [0.05, 0.1) is 15.9 Å². The van der Waals surface area contributed by atoms with E-state index in [-0.39, 0.29) is 16.2 Å². The van der Waals surface area contributed by atoms with Crippen molar-refractivity contribution in [1.29, 1.82) is 0 Å².